The number of aryl methyl sites for hydroxylation is 1. The van der Waals surface area contributed by atoms with Gasteiger partial charge in [0.15, 0.2) is 5.17 Å². The summed E-state index contributed by atoms with van der Waals surface area (Å²) in [7, 11) is -4.49. The van der Waals surface area contributed by atoms with Gasteiger partial charge in [0, 0.05) is 5.69 Å². The van der Waals surface area contributed by atoms with E-state index in [4.69, 9.17) is 0 Å². The summed E-state index contributed by atoms with van der Waals surface area (Å²) < 4.78 is 108. The van der Waals surface area contributed by atoms with Gasteiger partial charge in [0.1, 0.15) is 0 Å². The van der Waals surface area contributed by atoms with Crippen molar-refractivity contribution in [3.63, 3.8) is 0 Å². The third kappa shape index (κ3) is 4.95. The number of aromatic nitrogens is 3. The quantitative estimate of drug-likeness (QED) is 0.447. The average molecular weight is 549 g/mol. The first-order valence-corrected chi connectivity index (χ1v) is 12.2. The van der Waals surface area contributed by atoms with Gasteiger partial charge >= 0.3 is 12.4 Å². The van der Waals surface area contributed by atoms with E-state index in [1.807, 2.05) is 6.92 Å². The smallest absolute Gasteiger partial charge is 0.273 e. The van der Waals surface area contributed by atoms with Crippen LogP contribution in [-0.2, 0) is 27.2 Å². The number of sulfonamides is 1. The Hall–Kier alpha value is -3.40. The molecule has 36 heavy (non-hydrogen) atoms. The van der Waals surface area contributed by atoms with Crippen LogP contribution in [0.4, 0.5) is 32.0 Å². The molecule has 190 valence electrons. The van der Waals surface area contributed by atoms with E-state index < -0.39 is 50.5 Å². The van der Waals surface area contributed by atoms with Gasteiger partial charge in [0.05, 0.1) is 16.3 Å². The number of amides is 1. The topological polar surface area (TPSA) is 97.5 Å². The summed E-state index contributed by atoms with van der Waals surface area (Å²) >= 11 is 0.866. The van der Waals surface area contributed by atoms with Crippen molar-refractivity contribution in [2.24, 2.45) is 4.40 Å². The first-order chi connectivity index (χ1) is 16.7. The van der Waals surface area contributed by atoms with E-state index in [2.05, 4.69) is 14.6 Å². The Bertz CT molecular complexity index is 1420. The largest absolute Gasteiger partial charge is 0.452 e. The Morgan fingerprint density at radius 1 is 0.861 bits per heavy atom. The molecule has 0 unspecified atom stereocenters. The molecule has 0 spiro atoms. The molecule has 16 heteroatoms. The average Bonchev–Trinajstić information content (AvgIpc) is 3.39. The van der Waals surface area contributed by atoms with Gasteiger partial charge in [-0.25, -0.2) is 0 Å². The fraction of sp³-hybridized carbons (Fsp3) is 0.200. The van der Waals surface area contributed by atoms with E-state index >= 15 is 0 Å². The molecule has 2 aromatic carbocycles. The molecule has 1 amide bonds. The zero-order valence-electron chi connectivity index (χ0n) is 17.9. The molecule has 0 saturated carbocycles. The Morgan fingerprint density at radius 2 is 1.36 bits per heavy atom. The summed E-state index contributed by atoms with van der Waals surface area (Å²) in [5, 5.41) is 5.07. The predicted octanol–water partition coefficient (Wildman–Crippen LogP) is 4.44. The van der Waals surface area contributed by atoms with Crippen LogP contribution in [-0.4, -0.2) is 40.0 Å². The van der Waals surface area contributed by atoms with Gasteiger partial charge in [-0.2, -0.15) is 34.8 Å². The number of nitrogens with zero attached hydrogens (tertiary/aromatic N) is 5. The highest BCUT2D eigenvalue weighted by Gasteiger charge is 2.45. The number of halogens is 6. The zero-order chi connectivity index (χ0) is 26.5. The molecule has 0 atom stereocenters. The maximum absolute atomic E-state index is 13.2. The van der Waals surface area contributed by atoms with Crippen LogP contribution in [0.25, 0.3) is 5.69 Å². The maximum atomic E-state index is 13.2. The summed E-state index contributed by atoms with van der Waals surface area (Å²) in [5.41, 5.74) is 0.615. The summed E-state index contributed by atoms with van der Waals surface area (Å²) in [6, 6.07) is 9.71. The second kappa shape index (κ2) is 8.92. The normalized spacial score (nSPS) is 16.2. The van der Waals surface area contributed by atoms with Gasteiger partial charge in [0.25, 0.3) is 10.0 Å². The lowest BCUT2D eigenvalue weighted by molar-refractivity contribution is -0.153. The van der Waals surface area contributed by atoms with Gasteiger partial charge in [-0.05, 0) is 43.3 Å². The minimum Gasteiger partial charge on any atom is -0.273 e. The molecule has 1 aliphatic heterocycles. The van der Waals surface area contributed by atoms with E-state index in [1.54, 1.807) is 24.3 Å². The van der Waals surface area contributed by atoms with Crippen LogP contribution >= 0.6 is 11.8 Å². The van der Waals surface area contributed by atoms with Crippen LogP contribution in [0, 0.1) is 6.92 Å². The van der Waals surface area contributed by atoms with Crippen LogP contribution in [0.15, 0.2) is 57.8 Å². The summed E-state index contributed by atoms with van der Waals surface area (Å²) in [6.45, 7) is 1.82. The number of carbonyl (C=O) groups excluding carboxylic acids is 1. The van der Waals surface area contributed by atoms with Crippen molar-refractivity contribution in [1.82, 2.24) is 14.8 Å². The molecule has 1 aromatic heterocycles. The van der Waals surface area contributed by atoms with Crippen molar-refractivity contribution in [1.29, 1.82) is 0 Å². The molecule has 3 aromatic rings. The first kappa shape index (κ1) is 25.7. The molecule has 0 aliphatic carbocycles. The molecule has 1 saturated heterocycles. The van der Waals surface area contributed by atoms with E-state index in [1.165, 1.54) is 0 Å². The van der Waals surface area contributed by atoms with Gasteiger partial charge in [-0.3, -0.25) is 14.3 Å². The van der Waals surface area contributed by atoms with Crippen molar-refractivity contribution in [3.8, 4) is 5.69 Å². The lowest BCUT2D eigenvalue weighted by Crippen LogP contribution is -2.29. The van der Waals surface area contributed by atoms with Crippen LogP contribution in [0.2, 0.25) is 0 Å². The molecule has 1 fully saturated rings. The molecular formula is C20H13F6N5O3S2. The van der Waals surface area contributed by atoms with Crippen LogP contribution in [0.5, 0.6) is 0 Å². The standard InChI is InChI=1S/C20H13F6N5O3S2/c1-11-2-4-12(5-3-11)30-15(32)10-35-18(30)29-36(33,34)14-8-6-13(7-9-14)31-16(19(21,22)23)27-28-17(31)20(24,25)26/h2-9H,10H2,1H3/b29-18+. The number of hydrogen-bond donors (Lipinski definition) is 0. The minimum atomic E-state index is -5.26. The van der Waals surface area contributed by atoms with Crippen molar-refractivity contribution < 1.29 is 39.6 Å². The third-order valence-electron chi connectivity index (χ3n) is 4.82. The molecule has 0 bridgehead atoms. The fourth-order valence-corrected chi connectivity index (χ4v) is 5.29. The third-order valence-corrected chi connectivity index (χ3v) is 7.14. The van der Waals surface area contributed by atoms with Crippen molar-refractivity contribution in [3.05, 3.63) is 65.7 Å². The Morgan fingerprint density at radius 3 is 1.86 bits per heavy atom. The monoisotopic (exact) mass is 549 g/mol. The number of carbonyl (C=O) groups is 1. The van der Waals surface area contributed by atoms with E-state index in [-0.39, 0.29) is 15.5 Å². The molecule has 8 nitrogen and oxygen atoms in total. The molecular weight excluding hydrogens is 536 g/mol. The Labute approximate surface area is 203 Å². The van der Waals surface area contributed by atoms with Crippen LogP contribution in [0.3, 0.4) is 0 Å². The highest BCUT2D eigenvalue weighted by molar-refractivity contribution is 8.16. The molecule has 4 rings (SSSR count). The summed E-state index contributed by atoms with van der Waals surface area (Å²) in [6.07, 6.45) is -10.5. The summed E-state index contributed by atoms with van der Waals surface area (Å²) in [4.78, 5) is 12.9. The van der Waals surface area contributed by atoms with Gasteiger partial charge < -0.3 is 0 Å². The van der Waals surface area contributed by atoms with Crippen LogP contribution in [0.1, 0.15) is 17.2 Å². The van der Waals surface area contributed by atoms with E-state index in [0.29, 0.717) is 5.69 Å². The first-order valence-electron chi connectivity index (χ1n) is 9.76. The number of rotatable bonds is 4. The minimum absolute atomic E-state index is 0.0742. The van der Waals surface area contributed by atoms with Crippen molar-refractivity contribution in [2.75, 3.05) is 10.7 Å². The Balaban J connectivity index is 1.71. The van der Waals surface area contributed by atoms with Crippen molar-refractivity contribution in [2.45, 2.75) is 24.2 Å². The zero-order valence-corrected chi connectivity index (χ0v) is 19.5. The SMILES string of the molecule is Cc1ccc(N2C(=O)CS/C2=N/S(=O)(=O)c2ccc(-n3c(C(F)(F)F)nnc3C(F)(F)F)cc2)cc1. The lowest BCUT2D eigenvalue weighted by atomic mass is 10.2. The van der Waals surface area contributed by atoms with Crippen LogP contribution < -0.4 is 4.90 Å². The Kier molecular flexibility index (Phi) is 6.36. The molecule has 0 N–H and O–H groups in total. The molecule has 2 heterocycles. The van der Waals surface area contributed by atoms with Gasteiger partial charge in [-0.1, -0.05) is 29.5 Å². The maximum Gasteiger partial charge on any atom is 0.452 e. The number of anilines is 1. The molecule has 0 radical (unpaired) electrons. The van der Waals surface area contributed by atoms with Crippen molar-refractivity contribution >= 4 is 38.5 Å². The summed E-state index contributed by atoms with van der Waals surface area (Å²) in [5.74, 6) is -4.35. The predicted molar refractivity (Wildman–Crippen MR) is 117 cm³/mol. The lowest BCUT2D eigenvalue weighted by Gasteiger charge is -2.16. The van der Waals surface area contributed by atoms with E-state index in [0.717, 1.165) is 46.5 Å². The highest BCUT2D eigenvalue weighted by Crippen LogP contribution is 2.36. The number of benzene rings is 2. The number of hydrogen-bond acceptors (Lipinski definition) is 6. The second-order valence-corrected chi connectivity index (χ2v) is 9.92. The second-order valence-electron chi connectivity index (χ2n) is 7.37. The van der Waals surface area contributed by atoms with E-state index in [9.17, 15) is 39.6 Å². The van der Waals surface area contributed by atoms with Gasteiger partial charge in [-0.15, -0.1) is 14.6 Å². The number of thioether (sulfide) groups is 1. The molecule has 1 aliphatic rings. The van der Waals surface area contributed by atoms with Gasteiger partial charge in [0.2, 0.25) is 17.6 Å². The highest BCUT2D eigenvalue weighted by atomic mass is 32.2. The number of amidine groups is 1. The fourth-order valence-electron chi connectivity index (χ4n) is 3.20. The number of alkyl halides is 6.